The van der Waals surface area contributed by atoms with Gasteiger partial charge in [0.2, 0.25) is 0 Å². The van der Waals surface area contributed by atoms with Crippen molar-refractivity contribution < 1.29 is 19.1 Å². The molecule has 0 saturated heterocycles. The average molecular weight is 684 g/mol. The summed E-state index contributed by atoms with van der Waals surface area (Å²) >= 11 is 5.37. The van der Waals surface area contributed by atoms with Gasteiger partial charge < -0.3 is 24.6 Å². The molecule has 278 valence electrons. The molecule has 0 aromatic heterocycles. The molecule has 1 atom stereocenters. The smallest absolute Gasteiger partial charge is 0.306 e. The quantitative estimate of drug-likeness (QED) is 0.0408. The Kier molecular flexibility index (Phi) is 33.4. The van der Waals surface area contributed by atoms with Gasteiger partial charge in [-0.1, -0.05) is 111 Å². The number of hydrogen-bond acceptors (Lipinski definition) is 6. The summed E-state index contributed by atoms with van der Waals surface area (Å²) in [4.78, 5) is 29.0. The molecule has 0 aliphatic rings. The van der Waals surface area contributed by atoms with Crippen LogP contribution in [0.2, 0.25) is 0 Å². The Morgan fingerprint density at radius 1 is 0.596 bits per heavy atom. The van der Waals surface area contributed by atoms with Crippen molar-refractivity contribution in [2.24, 2.45) is 0 Å². The molecule has 0 fully saturated rings. The predicted molar refractivity (Wildman–Crippen MR) is 204 cm³/mol. The van der Waals surface area contributed by atoms with Crippen LogP contribution in [0, 0.1) is 0 Å². The SMILES string of the molecule is CCCCCCCOC(=O)CCCCCCCN(CCCCCCCC(=O)OC(CCCC)CCCCC)CCCNC(=S)N(C)C. The number of thiocarbonyl (C=S) groups is 1. The predicted octanol–water partition coefficient (Wildman–Crippen LogP) is 9.99. The van der Waals surface area contributed by atoms with Crippen LogP contribution in [0.3, 0.4) is 0 Å². The molecule has 0 heterocycles. The highest BCUT2D eigenvalue weighted by atomic mass is 32.1. The van der Waals surface area contributed by atoms with Gasteiger partial charge in [0.05, 0.1) is 6.61 Å². The summed E-state index contributed by atoms with van der Waals surface area (Å²) in [5.41, 5.74) is 0. The van der Waals surface area contributed by atoms with Gasteiger partial charge in [-0.3, -0.25) is 9.59 Å². The van der Waals surface area contributed by atoms with Crippen LogP contribution >= 0.6 is 12.2 Å². The molecule has 47 heavy (non-hydrogen) atoms. The fourth-order valence-corrected chi connectivity index (χ4v) is 5.89. The second-order valence-electron chi connectivity index (χ2n) is 13.7. The lowest BCUT2D eigenvalue weighted by Gasteiger charge is -2.23. The largest absolute Gasteiger partial charge is 0.466 e. The second-order valence-corrected chi connectivity index (χ2v) is 14.1. The first-order chi connectivity index (χ1) is 22.8. The molecule has 0 aliphatic heterocycles. The van der Waals surface area contributed by atoms with Gasteiger partial charge in [0.1, 0.15) is 6.10 Å². The zero-order valence-electron chi connectivity index (χ0n) is 31.7. The zero-order chi connectivity index (χ0) is 34.8. The van der Waals surface area contributed by atoms with Crippen molar-refractivity contribution in [3.63, 3.8) is 0 Å². The molecule has 1 unspecified atom stereocenters. The van der Waals surface area contributed by atoms with Crippen molar-refractivity contribution in [2.75, 3.05) is 46.9 Å². The van der Waals surface area contributed by atoms with Crippen LogP contribution in [0.15, 0.2) is 0 Å². The number of nitrogens with zero attached hydrogens (tertiary/aromatic N) is 2. The zero-order valence-corrected chi connectivity index (χ0v) is 32.5. The highest BCUT2D eigenvalue weighted by Crippen LogP contribution is 2.16. The first kappa shape index (κ1) is 45.6. The highest BCUT2D eigenvalue weighted by Gasteiger charge is 2.14. The van der Waals surface area contributed by atoms with Gasteiger partial charge >= 0.3 is 11.9 Å². The molecule has 1 N–H and O–H groups in total. The molecule has 0 spiro atoms. The van der Waals surface area contributed by atoms with Crippen LogP contribution in [-0.2, 0) is 19.1 Å². The number of unbranched alkanes of at least 4 members (excludes halogenated alkanes) is 15. The third kappa shape index (κ3) is 31.6. The van der Waals surface area contributed by atoms with Crippen LogP contribution in [0.4, 0.5) is 0 Å². The third-order valence-electron chi connectivity index (χ3n) is 8.86. The highest BCUT2D eigenvalue weighted by molar-refractivity contribution is 7.80. The van der Waals surface area contributed by atoms with Crippen molar-refractivity contribution in [1.82, 2.24) is 15.1 Å². The van der Waals surface area contributed by atoms with E-state index >= 15 is 0 Å². The molecular weight excluding hydrogens is 607 g/mol. The number of esters is 2. The van der Waals surface area contributed by atoms with Crippen LogP contribution < -0.4 is 5.32 Å². The number of rotatable bonds is 34. The van der Waals surface area contributed by atoms with Crippen molar-refractivity contribution in [3.8, 4) is 0 Å². The van der Waals surface area contributed by atoms with E-state index in [4.69, 9.17) is 21.7 Å². The summed E-state index contributed by atoms with van der Waals surface area (Å²) < 4.78 is 11.3. The summed E-state index contributed by atoms with van der Waals surface area (Å²) in [6, 6.07) is 0. The lowest BCUT2D eigenvalue weighted by molar-refractivity contribution is -0.150. The molecule has 8 heteroatoms. The van der Waals surface area contributed by atoms with E-state index in [0.29, 0.717) is 19.4 Å². The van der Waals surface area contributed by atoms with E-state index in [1.807, 2.05) is 19.0 Å². The molecule has 0 aliphatic carbocycles. The summed E-state index contributed by atoms with van der Waals surface area (Å²) in [6.07, 6.45) is 27.4. The minimum absolute atomic E-state index is 0.00392. The van der Waals surface area contributed by atoms with Gasteiger partial charge in [0.15, 0.2) is 5.11 Å². The van der Waals surface area contributed by atoms with E-state index < -0.39 is 0 Å². The van der Waals surface area contributed by atoms with Gasteiger partial charge in [0, 0.05) is 33.5 Å². The Morgan fingerprint density at radius 2 is 1.09 bits per heavy atom. The van der Waals surface area contributed by atoms with E-state index in [-0.39, 0.29) is 18.0 Å². The number of nitrogens with one attached hydrogen (secondary N) is 1. The Balaban J connectivity index is 4.22. The van der Waals surface area contributed by atoms with Crippen LogP contribution in [0.25, 0.3) is 0 Å². The minimum atomic E-state index is -0.0252. The Hall–Kier alpha value is -1.41. The van der Waals surface area contributed by atoms with Gasteiger partial charge in [-0.2, -0.15) is 0 Å². The van der Waals surface area contributed by atoms with E-state index in [2.05, 4.69) is 31.0 Å². The van der Waals surface area contributed by atoms with Crippen LogP contribution in [0.5, 0.6) is 0 Å². The molecule has 0 amide bonds. The van der Waals surface area contributed by atoms with Crippen molar-refractivity contribution >= 4 is 29.3 Å². The second kappa shape index (κ2) is 34.5. The number of hydrogen-bond donors (Lipinski definition) is 1. The van der Waals surface area contributed by atoms with Gasteiger partial charge in [-0.05, 0) is 89.6 Å². The Bertz CT molecular complexity index is 737. The number of carbonyl (C=O) groups is 2. The third-order valence-corrected chi connectivity index (χ3v) is 9.37. The van der Waals surface area contributed by atoms with Crippen LogP contribution in [-0.4, -0.2) is 79.8 Å². The monoisotopic (exact) mass is 684 g/mol. The molecule has 0 aromatic rings. The standard InChI is InChI=1S/C39H77N3O4S/c1-6-9-12-19-25-35-45-37(43)29-21-15-13-17-23-32-42(34-26-31-40-39(47)41(4)5)33-24-18-14-16-22-30-38(44)46-36(27-11-8-3)28-20-10-7-2/h36H,6-35H2,1-5H3,(H,40,47). The molecule has 0 bridgehead atoms. The fraction of sp³-hybridized carbons (Fsp3) is 0.923. The molecule has 0 saturated carbocycles. The Labute approximate surface area is 297 Å². The van der Waals surface area contributed by atoms with Gasteiger partial charge in [-0.25, -0.2) is 0 Å². The maximum Gasteiger partial charge on any atom is 0.306 e. The van der Waals surface area contributed by atoms with Crippen LogP contribution in [0.1, 0.15) is 181 Å². The van der Waals surface area contributed by atoms with Crippen molar-refractivity contribution in [2.45, 2.75) is 187 Å². The first-order valence-electron chi connectivity index (χ1n) is 19.9. The maximum atomic E-state index is 12.5. The van der Waals surface area contributed by atoms with Crippen molar-refractivity contribution in [3.05, 3.63) is 0 Å². The summed E-state index contributed by atoms with van der Waals surface area (Å²) in [7, 11) is 3.95. The normalized spacial score (nSPS) is 11.9. The molecule has 0 rings (SSSR count). The molecule has 7 nitrogen and oxygen atoms in total. The lowest BCUT2D eigenvalue weighted by Crippen LogP contribution is -2.36. The summed E-state index contributed by atoms with van der Waals surface area (Å²) in [5.74, 6) is -0.0213. The molecule has 0 aromatic carbocycles. The molecule has 0 radical (unpaired) electrons. The number of ether oxygens (including phenoxy) is 2. The minimum Gasteiger partial charge on any atom is -0.466 e. The number of carbonyl (C=O) groups excluding carboxylic acids is 2. The van der Waals surface area contributed by atoms with E-state index in [0.717, 1.165) is 108 Å². The fourth-order valence-electron chi connectivity index (χ4n) is 5.79. The van der Waals surface area contributed by atoms with Crippen molar-refractivity contribution in [1.29, 1.82) is 0 Å². The summed E-state index contributed by atoms with van der Waals surface area (Å²) in [5, 5.41) is 4.15. The Morgan fingerprint density at radius 3 is 1.70 bits per heavy atom. The van der Waals surface area contributed by atoms with E-state index in [1.54, 1.807) is 0 Å². The molecular formula is C39H77N3O4S. The van der Waals surface area contributed by atoms with E-state index in [1.165, 1.54) is 70.6 Å². The maximum absolute atomic E-state index is 12.5. The topological polar surface area (TPSA) is 71.1 Å². The van der Waals surface area contributed by atoms with Gasteiger partial charge in [-0.15, -0.1) is 0 Å². The lowest BCUT2D eigenvalue weighted by atomic mass is 10.1. The summed E-state index contributed by atoms with van der Waals surface area (Å²) in [6.45, 7) is 11.4. The average Bonchev–Trinajstić information content (AvgIpc) is 3.05. The van der Waals surface area contributed by atoms with E-state index in [9.17, 15) is 9.59 Å². The van der Waals surface area contributed by atoms with Gasteiger partial charge in [0.25, 0.3) is 0 Å². The first-order valence-corrected chi connectivity index (χ1v) is 20.3.